The average Bonchev–Trinajstić information content (AvgIpc) is 3.53. The zero-order chi connectivity index (χ0) is 24.3. The lowest BCUT2D eigenvalue weighted by Gasteiger charge is -2.20. The van der Waals surface area contributed by atoms with Gasteiger partial charge in [0.25, 0.3) is 0 Å². The summed E-state index contributed by atoms with van der Waals surface area (Å²) in [6, 6.07) is 17.9. The lowest BCUT2D eigenvalue weighted by atomic mass is 10.1. The molecule has 0 aliphatic carbocycles. The second-order valence-corrected chi connectivity index (χ2v) is 10.7. The molecular formula is C27H25N3O4S2. The van der Waals surface area contributed by atoms with Crippen molar-refractivity contribution in [1.82, 2.24) is 14.9 Å². The van der Waals surface area contributed by atoms with Crippen molar-refractivity contribution in [2.75, 3.05) is 32.1 Å². The molecule has 0 unspecified atom stereocenters. The molecule has 0 saturated carbocycles. The van der Waals surface area contributed by atoms with E-state index in [2.05, 4.69) is 17.1 Å². The Labute approximate surface area is 217 Å². The van der Waals surface area contributed by atoms with Crippen LogP contribution in [0.3, 0.4) is 0 Å². The zero-order valence-electron chi connectivity index (χ0n) is 19.6. The van der Waals surface area contributed by atoms with E-state index >= 15 is 0 Å². The fourth-order valence-corrected chi connectivity index (χ4v) is 6.07. The molecule has 1 atom stereocenters. The van der Waals surface area contributed by atoms with Crippen LogP contribution < -0.4 is 9.47 Å². The van der Waals surface area contributed by atoms with Crippen molar-refractivity contribution in [3.63, 3.8) is 0 Å². The molecule has 4 aromatic rings. The maximum absolute atomic E-state index is 13.1. The molecule has 9 heteroatoms. The van der Waals surface area contributed by atoms with Crippen LogP contribution in [0, 0.1) is 0 Å². The number of nitrogens with zero attached hydrogens (tertiary/aromatic N) is 3. The van der Waals surface area contributed by atoms with E-state index in [0.717, 1.165) is 37.8 Å². The zero-order valence-corrected chi connectivity index (χ0v) is 21.2. The second-order valence-electron chi connectivity index (χ2n) is 8.67. The highest BCUT2D eigenvalue weighted by atomic mass is 32.2. The molecule has 2 aliphatic heterocycles. The van der Waals surface area contributed by atoms with Gasteiger partial charge in [0.2, 0.25) is 5.91 Å². The molecule has 6 rings (SSSR count). The van der Waals surface area contributed by atoms with Gasteiger partial charge in [-0.05, 0) is 36.4 Å². The second kappa shape index (κ2) is 10.5. The van der Waals surface area contributed by atoms with Gasteiger partial charge in [0, 0.05) is 30.3 Å². The first-order valence-electron chi connectivity index (χ1n) is 11.9. The molecule has 1 fully saturated rings. The monoisotopic (exact) mass is 519 g/mol. The van der Waals surface area contributed by atoms with Crippen LogP contribution in [0.15, 0.2) is 65.8 Å². The van der Waals surface area contributed by atoms with Gasteiger partial charge >= 0.3 is 0 Å². The van der Waals surface area contributed by atoms with E-state index in [1.165, 1.54) is 11.8 Å². The smallest absolute Gasteiger partial charge is 0.233 e. The van der Waals surface area contributed by atoms with E-state index in [0.29, 0.717) is 50.2 Å². The van der Waals surface area contributed by atoms with E-state index in [1.54, 1.807) is 17.5 Å². The number of ether oxygens (including phenoxy) is 3. The minimum absolute atomic E-state index is 0.0147. The minimum atomic E-state index is -0.0147. The van der Waals surface area contributed by atoms with Gasteiger partial charge in [-0.15, -0.1) is 11.3 Å². The van der Waals surface area contributed by atoms with Crippen LogP contribution in [0.2, 0.25) is 0 Å². The fourth-order valence-electron chi connectivity index (χ4n) is 4.35. The highest BCUT2D eigenvalue weighted by Gasteiger charge is 2.27. The van der Waals surface area contributed by atoms with E-state index in [9.17, 15) is 4.79 Å². The van der Waals surface area contributed by atoms with E-state index < -0.39 is 0 Å². The van der Waals surface area contributed by atoms with Crippen LogP contribution in [0.1, 0.15) is 12.0 Å². The van der Waals surface area contributed by atoms with Gasteiger partial charge in [0.05, 0.1) is 40.8 Å². The van der Waals surface area contributed by atoms with Crippen LogP contribution in [-0.4, -0.2) is 59.0 Å². The minimum Gasteiger partial charge on any atom is -0.487 e. The van der Waals surface area contributed by atoms with Crippen molar-refractivity contribution < 1.29 is 19.0 Å². The Morgan fingerprint density at radius 3 is 2.92 bits per heavy atom. The summed E-state index contributed by atoms with van der Waals surface area (Å²) in [4.78, 5) is 24.1. The Morgan fingerprint density at radius 2 is 2.08 bits per heavy atom. The molecule has 2 aromatic heterocycles. The molecule has 7 nitrogen and oxygen atoms in total. The maximum Gasteiger partial charge on any atom is 0.233 e. The summed E-state index contributed by atoms with van der Waals surface area (Å²) in [6.45, 7) is 2.63. The third kappa shape index (κ3) is 5.04. The number of rotatable bonds is 6. The molecule has 184 valence electrons. The third-order valence-corrected chi connectivity index (χ3v) is 8.17. The summed E-state index contributed by atoms with van der Waals surface area (Å²) >= 11 is 3.09. The van der Waals surface area contributed by atoms with E-state index in [1.807, 2.05) is 47.4 Å². The Balaban J connectivity index is 1.31. The Kier molecular flexibility index (Phi) is 6.76. The Bertz CT molecular complexity index is 1340. The van der Waals surface area contributed by atoms with Gasteiger partial charge in [0.1, 0.15) is 17.7 Å². The van der Waals surface area contributed by atoms with Crippen molar-refractivity contribution in [3.8, 4) is 22.1 Å². The summed E-state index contributed by atoms with van der Waals surface area (Å²) < 4.78 is 19.2. The first-order chi connectivity index (χ1) is 17.7. The number of fused-ring (bicyclic) bond motifs is 2. The van der Waals surface area contributed by atoms with E-state index in [-0.39, 0.29) is 12.0 Å². The molecule has 36 heavy (non-hydrogen) atoms. The molecule has 2 aromatic carbocycles. The standard InChI is InChI=1S/C27H25N3O4S2/c31-25(17-35-24-7-3-4-9-28-24)30-10-12-33-26-19(15-30)13-18(14-22(26)34-20-8-11-32-16-20)27-29-21-5-1-2-6-23(21)36-27/h1-7,9,13-14,20H,8,10-12,15-17H2/t20-/m1/s1. The van der Waals surface area contributed by atoms with Gasteiger partial charge < -0.3 is 19.1 Å². The van der Waals surface area contributed by atoms with Crippen LogP contribution in [-0.2, 0) is 16.1 Å². The normalized spacial score (nSPS) is 17.4. The number of carbonyl (C=O) groups is 1. The number of amides is 1. The number of benzene rings is 2. The van der Waals surface area contributed by atoms with Crippen LogP contribution in [0.4, 0.5) is 0 Å². The summed E-state index contributed by atoms with van der Waals surface area (Å²) in [5, 5.41) is 1.75. The van der Waals surface area contributed by atoms with Gasteiger partial charge in [-0.2, -0.15) is 0 Å². The third-order valence-electron chi connectivity index (χ3n) is 6.16. The van der Waals surface area contributed by atoms with E-state index in [4.69, 9.17) is 19.2 Å². The molecule has 0 N–H and O–H groups in total. The molecule has 1 amide bonds. The number of hydrogen-bond donors (Lipinski definition) is 0. The summed E-state index contributed by atoms with van der Waals surface area (Å²) in [7, 11) is 0. The number of aromatic nitrogens is 2. The number of carbonyl (C=O) groups excluding carboxylic acids is 1. The van der Waals surface area contributed by atoms with Crippen LogP contribution in [0.5, 0.6) is 11.5 Å². The van der Waals surface area contributed by atoms with Crippen LogP contribution in [0.25, 0.3) is 20.8 Å². The van der Waals surface area contributed by atoms with Crippen molar-refractivity contribution in [2.45, 2.75) is 24.1 Å². The number of para-hydroxylation sites is 1. The summed E-state index contributed by atoms with van der Waals surface area (Å²) in [5.41, 5.74) is 2.86. The number of hydrogen-bond acceptors (Lipinski definition) is 8. The topological polar surface area (TPSA) is 73.8 Å². The Hall–Kier alpha value is -3.14. The lowest BCUT2D eigenvalue weighted by molar-refractivity contribution is -0.129. The summed E-state index contributed by atoms with van der Waals surface area (Å²) in [6.07, 6.45) is 2.57. The molecule has 0 bridgehead atoms. The quantitative estimate of drug-likeness (QED) is 0.331. The largest absolute Gasteiger partial charge is 0.487 e. The molecule has 0 radical (unpaired) electrons. The molecule has 1 saturated heterocycles. The lowest BCUT2D eigenvalue weighted by Crippen LogP contribution is -2.33. The maximum atomic E-state index is 13.1. The first-order valence-corrected chi connectivity index (χ1v) is 13.7. The molecule has 0 spiro atoms. The van der Waals surface area contributed by atoms with Crippen molar-refractivity contribution in [2.24, 2.45) is 0 Å². The fraction of sp³-hybridized carbons (Fsp3) is 0.296. The predicted molar refractivity (Wildman–Crippen MR) is 141 cm³/mol. The van der Waals surface area contributed by atoms with Gasteiger partial charge in [0.15, 0.2) is 11.5 Å². The first kappa shape index (κ1) is 23.3. The summed E-state index contributed by atoms with van der Waals surface area (Å²) in [5.74, 6) is 1.78. The molecular weight excluding hydrogens is 494 g/mol. The van der Waals surface area contributed by atoms with Gasteiger partial charge in [-0.3, -0.25) is 4.79 Å². The van der Waals surface area contributed by atoms with Crippen LogP contribution >= 0.6 is 23.1 Å². The molecule has 2 aliphatic rings. The van der Waals surface area contributed by atoms with Crippen molar-refractivity contribution in [3.05, 3.63) is 66.4 Å². The average molecular weight is 520 g/mol. The number of thiazole rings is 1. The van der Waals surface area contributed by atoms with Crippen molar-refractivity contribution in [1.29, 1.82) is 0 Å². The predicted octanol–water partition coefficient (Wildman–Crippen LogP) is 5.04. The van der Waals surface area contributed by atoms with Gasteiger partial charge in [-0.25, -0.2) is 9.97 Å². The molecule has 4 heterocycles. The van der Waals surface area contributed by atoms with Gasteiger partial charge in [-0.1, -0.05) is 30.0 Å². The Morgan fingerprint density at radius 1 is 1.17 bits per heavy atom. The SMILES string of the molecule is O=C(CSc1ccccn1)N1CCOc2c(cc(-c3nc4ccccc4s3)cc2O[C@@H]2CCOC2)C1. The highest BCUT2D eigenvalue weighted by molar-refractivity contribution is 7.99. The highest BCUT2D eigenvalue weighted by Crippen LogP contribution is 2.41. The number of thioether (sulfide) groups is 1. The van der Waals surface area contributed by atoms with Crippen molar-refractivity contribution >= 4 is 39.2 Å². The number of pyridine rings is 1.